The van der Waals surface area contributed by atoms with E-state index in [1.807, 2.05) is 24.3 Å². The molecule has 1 aliphatic rings. The van der Waals surface area contributed by atoms with E-state index in [1.165, 1.54) is 11.1 Å². The van der Waals surface area contributed by atoms with Gasteiger partial charge in [0, 0.05) is 5.69 Å². The van der Waals surface area contributed by atoms with Crippen molar-refractivity contribution >= 4 is 5.69 Å². The fourth-order valence-corrected chi connectivity index (χ4v) is 2.32. The maximum Gasteiger partial charge on any atom is 0.0991 e. The first-order valence-corrected chi connectivity index (χ1v) is 5.71. The molecule has 2 nitrogen and oxygen atoms in total. The normalized spacial score (nSPS) is 17.0. The van der Waals surface area contributed by atoms with Crippen molar-refractivity contribution in [2.45, 2.75) is 12.5 Å². The second kappa shape index (κ2) is 3.95. The highest BCUT2D eigenvalue weighted by Gasteiger charge is 2.21. The summed E-state index contributed by atoms with van der Waals surface area (Å²) >= 11 is 0. The third kappa shape index (κ3) is 1.76. The Morgan fingerprint density at radius 2 is 1.94 bits per heavy atom. The van der Waals surface area contributed by atoms with Crippen LogP contribution in [-0.2, 0) is 6.42 Å². The van der Waals surface area contributed by atoms with Gasteiger partial charge in [0.05, 0.1) is 17.7 Å². The van der Waals surface area contributed by atoms with Crippen LogP contribution in [-0.4, -0.2) is 0 Å². The minimum absolute atomic E-state index is 0.333. The van der Waals surface area contributed by atoms with Gasteiger partial charge in [0.25, 0.3) is 0 Å². The summed E-state index contributed by atoms with van der Waals surface area (Å²) in [6, 6.07) is 18.8. The number of anilines is 1. The average Bonchev–Trinajstić information content (AvgIpc) is 2.82. The zero-order chi connectivity index (χ0) is 11.7. The van der Waals surface area contributed by atoms with Crippen molar-refractivity contribution in [2.24, 2.45) is 0 Å². The summed E-state index contributed by atoms with van der Waals surface area (Å²) in [5, 5.41) is 12.4. The molecule has 0 spiro atoms. The Morgan fingerprint density at radius 1 is 1.12 bits per heavy atom. The number of nitrogens with one attached hydrogen (secondary N) is 1. The molecule has 0 radical (unpaired) electrons. The number of nitriles is 1. The van der Waals surface area contributed by atoms with Crippen molar-refractivity contribution < 1.29 is 0 Å². The van der Waals surface area contributed by atoms with Crippen molar-refractivity contribution in [1.29, 1.82) is 5.26 Å². The highest BCUT2D eigenvalue weighted by molar-refractivity contribution is 5.60. The van der Waals surface area contributed by atoms with Crippen LogP contribution < -0.4 is 5.32 Å². The number of rotatable bonds is 1. The van der Waals surface area contributed by atoms with Gasteiger partial charge in [-0.15, -0.1) is 0 Å². The van der Waals surface area contributed by atoms with Crippen molar-refractivity contribution in [1.82, 2.24) is 0 Å². The molecule has 0 aromatic heterocycles. The molecule has 0 bridgehead atoms. The average molecular weight is 220 g/mol. The molecule has 82 valence electrons. The largest absolute Gasteiger partial charge is 0.378 e. The lowest BCUT2D eigenvalue weighted by atomic mass is 10.0. The topological polar surface area (TPSA) is 35.8 Å². The Kier molecular flexibility index (Phi) is 2.31. The van der Waals surface area contributed by atoms with E-state index in [2.05, 4.69) is 35.7 Å². The van der Waals surface area contributed by atoms with Gasteiger partial charge in [-0.2, -0.15) is 5.26 Å². The molecule has 2 heteroatoms. The molecule has 1 N–H and O–H groups in total. The predicted molar refractivity (Wildman–Crippen MR) is 67.7 cm³/mol. The molecule has 0 fully saturated rings. The molecule has 0 amide bonds. The fraction of sp³-hybridized carbons (Fsp3) is 0.133. The van der Waals surface area contributed by atoms with Crippen LogP contribution in [0, 0.1) is 11.3 Å². The summed E-state index contributed by atoms with van der Waals surface area (Å²) in [6.07, 6.45) is 0.953. The smallest absolute Gasteiger partial charge is 0.0991 e. The number of nitrogens with zero attached hydrogens (tertiary/aromatic N) is 1. The van der Waals surface area contributed by atoms with Gasteiger partial charge in [0.1, 0.15) is 0 Å². The maximum absolute atomic E-state index is 8.88. The summed E-state index contributed by atoms with van der Waals surface area (Å²) in [5.41, 5.74) is 4.41. The Hall–Kier alpha value is -2.27. The molecular weight excluding hydrogens is 208 g/mol. The van der Waals surface area contributed by atoms with Crippen molar-refractivity contribution in [3.8, 4) is 6.07 Å². The van der Waals surface area contributed by atoms with Gasteiger partial charge >= 0.3 is 0 Å². The minimum atomic E-state index is 0.333. The molecule has 0 aliphatic carbocycles. The summed E-state index contributed by atoms with van der Waals surface area (Å²) in [7, 11) is 0. The highest BCUT2D eigenvalue weighted by atomic mass is 14.9. The number of fused-ring (bicyclic) bond motifs is 1. The van der Waals surface area contributed by atoms with Crippen LogP contribution in [0.25, 0.3) is 0 Å². The van der Waals surface area contributed by atoms with Gasteiger partial charge in [-0.05, 0) is 35.7 Å². The molecule has 3 rings (SSSR count). The molecule has 1 heterocycles. The first kappa shape index (κ1) is 9.92. The number of benzene rings is 2. The van der Waals surface area contributed by atoms with E-state index in [9.17, 15) is 0 Å². The van der Waals surface area contributed by atoms with E-state index < -0.39 is 0 Å². The molecule has 1 atom stereocenters. The number of hydrogen-bond donors (Lipinski definition) is 1. The zero-order valence-corrected chi connectivity index (χ0v) is 9.35. The molecule has 0 saturated carbocycles. The van der Waals surface area contributed by atoms with Crippen LogP contribution in [0.2, 0.25) is 0 Å². The van der Waals surface area contributed by atoms with Crippen molar-refractivity contribution in [3.63, 3.8) is 0 Å². The van der Waals surface area contributed by atoms with Gasteiger partial charge in [-0.1, -0.05) is 30.3 Å². The summed E-state index contributed by atoms with van der Waals surface area (Å²) in [6.45, 7) is 0. The molecule has 1 unspecified atom stereocenters. The van der Waals surface area contributed by atoms with Crippen molar-refractivity contribution in [2.75, 3.05) is 5.32 Å². The summed E-state index contributed by atoms with van der Waals surface area (Å²) < 4.78 is 0. The lowest BCUT2D eigenvalue weighted by Crippen LogP contribution is -2.04. The second-order valence-electron chi connectivity index (χ2n) is 4.30. The van der Waals surface area contributed by atoms with Crippen LogP contribution in [0.1, 0.15) is 22.7 Å². The van der Waals surface area contributed by atoms with E-state index in [0.29, 0.717) is 6.04 Å². The van der Waals surface area contributed by atoms with Crippen LogP contribution in [0.4, 0.5) is 5.69 Å². The third-order valence-electron chi connectivity index (χ3n) is 3.19. The summed E-state index contributed by atoms with van der Waals surface area (Å²) in [5.74, 6) is 0. The lowest BCUT2D eigenvalue weighted by molar-refractivity contribution is 0.824. The van der Waals surface area contributed by atoms with Crippen LogP contribution in [0.5, 0.6) is 0 Å². The van der Waals surface area contributed by atoms with E-state index in [0.717, 1.165) is 17.7 Å². The summed E-state index contributed by atoms with van der Waals surface area (Å²) in [4.78, 5) is 0. The van der Waals surface area contributed by atoms with Gasteiger partial charge in [0.2, 0.25) is 0 Å². The second-order valence-corrected chi connectivity index (χ2v) is 4.30. The van der Waals surface area contributed by atoms with Crippen LogP contribution in [0.3, 0.4) is 0 Å². The molecular formula is C15H12N2. The quantitative estimate of drug-likeness (QED) is 0.800. The first-order valence-electron chi connectivity index (χ1n) is 5.71. The Labute approximate surface area is 101 Å². The fourth-order valence-electron chi connectivity index (χ4n) is 2.32. The Balaban J connectivity index is 1.91. The Bertz CT molecular complexity index is 582. The van der Waals surface area contributed by atoms with Gasteiger partial charge in [0.15, 0.2) is 0 Å². The molecule has 0 saturated heterocycles. The first-order chi connectivity index (χ1) is 8.36. The van der Waals surface area contributed by atoms with E-state index in [-0.39, 0.29) is 0 Å². The monoisotopic (exact) mass is 220 g/mol. The van der Waals surface area contributed by atoms with E-state index in [4.69, 9.17) is 5.26 Å². The lowest BCUT2D eigenvalue weighted by Gasteiger charge is -2.10. The Morgan fingerprint density at radius 3 is 2.71 bits per heavy atom. The van der Waals surface area contributed by atoms with Crippen LogP contribution >= 0.6 is 0 Å². The SMILES string of the molecule is N#Cc1ccc2c(c1)CC(c1ccccc1)N2. The minimum Gasteiger partial charge on any atom is -0.378 e. The molecule has 1 aliphatic heterocycles. The predicted octanol–water partition coefficient (Wildman–Crippen LogP) is 3.27. The standard InChI is InChI=1S/C15H12N2/c16-10-11-6-7-14-13(8-11)9-15(17-14)12-4-2-1-3-5-12/h1-8,15,17H,9H2. The van der Waals surface area contributed by atoms with E-state index >= 15 is 0 Å². The van der Waals surface area contributed by atoms with Gasteiger partial charge < -0.3 is 5.32 Å². The van der Waals surface area contributed by atoms with Gasteiger partial charge in [-0.3, -0.25) is 0 Å². The maximum atomic E-state index is 8.88. The number of hydrogen-bond acceptors (Lipinski definition) is 2. The third-order valence-corrected chi connectivity index (χ3v) is 3.19. The van der Waals surface area contributed by atoms with Crippen molar-refractivity contribution in [3.05, 3.63) is 65.2 Å². The van der Waals surface area contributed by atoms with Crippen LogP contribution in [0.15, 0.2) is 48.5 Å². The molecule has 2 aromatic carbocycles. The van der Waals surface area contributed by atoms with E-state index in [1.54, 1.807) is 0 Å². The molecule has 2 aromatic rings. The molecule has 17 heavy (non-hydrogen) atoms. The zero-order valence-electron chi connectivity index (χ0n) is 9.35. The van der Waals surface area contributed by atoms with Gasteiger partial charge in [-0.25, -0.2) is 0 Å². The highest BCUT2D eigenvalue weighted by Crippen LogP contribution is 2.34.